The molecule has 0 aromatic heterocycles. The predicted octanol–water partition coefficient (Wildman–Crippen LogP) is 1.37. The van der Waals surface area contributed by atoms with Crippen LogP contribution in [0.25, 0.3) is 0 Å². The minimum absolute atomic E-state index is 0.146. The van der Waals surface area contributed by atoms with E-state index >= 15 is 0 Å². The SMILES string of the molecule is CO[C@@]1([C@H]2CCN2C(=O)OC(C)(C)C)CCNC1. The van der Waals surface area contributed by atoms with Crippen LogP contribution in [0.15, 0.2) is 0 Å². The van der Waals surface area contributed by atoms with E-state index in [2.05, 4.69) is 5.32 Å². The molecule has 1 amide bonds. The maximum absolute atomic E-state index is 12.1. The van der Waals surface area contributed by atoms with Gasteiger partial charge in [-0.1, -0.05) is 0 Å². The minimum atomic E-state index is -0.439. The fourth-order valence-electron chi connectivity index (χ4n) is 2.76. The normalized spacial score (nSPS) is 32.2. The molecule has 0 saturated carbocycles. The third kappa shape index (κ3) is 2.47. The van der Waals surface area contributed by atoms with Gasteiger partial charge in [0, 0.05) is 20.2 Å². The van der Waals surface area contributed by atoms with Crippen molar-refractivity contribution in [3.8, 4) is 0 Å². The molecule has 0 aromatic rings. The Morgan fingerprint density at radius 1 is 1.44 bits per heavy atom. The third-order valence-electron chi connectivity index (χ3n) is 3.81. The molecular weight excluding hydrogens is 232 g/mol. The van der Waals surface area contributed by atoms with Crippen LogP contribution >= 0.6 is 0 Å². The zero-order valence-corrected chi connectivity index (χ0v) is 11.8. The van der Waals surface area contributed by atoms with Gasteiger partial charge in [0.1, 0.15) is 11.2 Å². The number of carbonyl (C=O) groups excluding carboxylic acids is 1. The number of likely N-dealkylation sites (tertiary alicyclic amines) is 1. The Morgan fingerprint density at radius 2 is 2.17 bits per heavy atom. The lowest BCUT2D eigenvalue weighted by Gasteiger charge is -2.49. The van der Waals surface area contributed by atoms with Crippen LogP contribution in [0.5, 0.6) is 0 Å². The highest BCUT2D eigenvalue weighted by Gasteiger charge is 2.51. The quantitative estimate of drug-likeness (QED) is 0.811. The number of carbonyl (C=O) groups is 1. The van der Waals surface area contributed by atoms with Gasteiger partial charge < -0.3 is 19.7 Å². The first kappa shape index (κ1) is 13.6. The highest BCUT2D eigenvalue weighted by atomic mass is 16.6. The van der Waals surface area contributed by atoms with Crippen molar-refractivity contribution in [2.24, 2.45) is 0 Å². The first-order chi connectivity index (χ1) is 8.38. The molecule has 5 heteroatoms. The lowest BCUT2D eigenvalue weighted by molar-refractivity contribution is -0.104. The second-order valence-electron chi connectivity index (χ2n) is 6.17. The van der Waals surface area contributed by atoms with E-state index in [9.17, 15) is 4.79 Å². The first-order valence-electron chi connectivity index (χ1n) is 6.63. The Balaban J connectivity index is 2.01. The highest BCUT2D eigenvalue weighted by Crippen LogP contribution is 2.35. The van der Waals surface area contributed by atoms with Crippen LogP contribution in [-0.4, -0.2) is 55.0 Å². The van der Waals surface area contributed by atoms with Gasteiger partial charge in [-0.3, -0.25) is 0 Å². The monoisotopic (exact) mass is 256 g/mol. The number of ether oxygens (including phenoxy) is 2. The summed E-state index contributed by atoms with van der Waals surface area (Å²) in [4.78, 5) is 13.9. The predicted molar refractivity (Wildman–Crippen MR) is 68.6 cm³/mol. The summed E-state index contributed by atoms with van der Waals surface area (Å²) >= 11 is 0. The van der Waals surface area contributed by atoms with E-state index in [4.69, 9.17) is 9.47 Å². The van der Waals surface area contributed by atoms with Crippen LogP contribution in [-0.2, 0) is 9.47 Å². The van der Waals surface area contributed by atoms with Gasteiger partial charge in [0.25, 0.3) is 0 Å². The Morgan fingerprint density at radius 3 is 2.56 bits per heavy atom. The number of amides is 1. The fourth-order valence-corrected chi connectivity index (χ4v) is 2.76. The molecule has 104 valence electrons. The lowest BCUT2D eigenvalue weighted by atomic mass is 9.84. The molecule has 2 heterocycles. The molecular formula is C13H24N2O3. The van der Waals surface area contributed by atoms with Gasteiger partial charge in [0.15, 0.2) is 0 Å². The molecule has 5 nitrogen and oxygen atoms in total. The molecule has 1 N–H and O–H groups in total. The van der Waals surface area contributed by atoms with Crippen molar-refractivity contribution in [3.05, 3.63) is 0 Å². The number of nitrogens with zero attached hydrogens (tertiary/aromatic N) is 1. The molecule has 0 unspecified atom stereocenters. The van der Waals surface area contributed by atoms with E-state index in [1.54, 1.807) is 7.11 Å². The zero-order valence-electron chi connectivity index (χ0n) is 11.8. The summed E-state index contributed by atoms with van der Waals surface area (Å²) in [5.41, 5.74) is -0.666. The lowest BCUT2D eigenvalue weighted by Crippen LogP contribution is -2.64. The summed E-state index contributed by atoms with van der Waals surface area (Å²) in [7, 11) is 1.73. The molecule has 2 atom stereocenters. The molecule has 2 fully saturated rings. The van der Waals surface area contributed by atoms with Crippen LogP contribution in [0, 0.1) is 0 Å². The second-order valence-corrected chi connectivity index (χ2v) is 6.17. The molecule has 18 heavy (non-hydrogen) atoms. The van der Waals surface area contributed by atoms with Crippen molar-refractivity contribution < 1.29 is 14.3 Å². The molecule has 0 radical (unpaired) electrons. The summed E-state index contributed by atoms with van der Waals surface area (Å²) in [5.74, 6) is 0. The average molecular weight is 256 g/mol. The molecule has 0 spiro atoms. The van der Waals surface area contributed by atoms with E-state index in [1.807, 2.05) is 25.7 Å². The van der Waals surface area contributed by atoms with Crippen LogP contribution < -0.4 is 5.32 Å². The van der Waals surface area contributed by atoms with Crippen LogP contribution in [0.2, 0.25) is 0 Å². The minimum Gasteiger partial charge on any atom is -0.444 e. The van der Waals surface area contributed by atoms with Gasteiger partial charge in [-0.25, -0.2) is 4.79 Å². The van der Waals surface area contributed by atoms with Gasteiger partial charge in [-0.2, -0.15) is 0 Å². The molecule has 2 aliphatic rings. The standard InChI is InChI=1S/C13H24N2O3/c1-12(2,3)18-11(16)15-8-5-10(15)13(17-4)6-7-14-9-13/h10,14H,5-9H2,1-4H3/t10-,13+/m1/s1. The van der Waals surface area contributed by atoms with E-state index < -0.39 is 5.60 Å². The Bertz CT molecular complexity index is 319. The van der Waals surface area contributed by atoms with E-state index in [-0.39, 0.29) is 17.7 Å². The highest BCUT2D eigenvalue weighted by molar-refractivity contribution is 5.70. The van der Waals surface area contributed by atoms with Crippen molar-refractivity contribution in [1.82, 2.24) is 10.2 Å². The van der Waals surface area contributed by atoms with Crippen LogP contribution in [0.3, 0.4) is 0 Å². The number of methoxy groups -OCH3 is 1. The molecule has 2 rings (SSSR count). The molecule has 0 aliphatic carbocycles. The summed E-state index contributed by atoms with van der Waals surface area (Å²) < 4.78 is 11.1. The van der Waals surface area contributed by atoms with Crippen molar-refractivity contribution in [1.29, 1.82) is 0 Å². The summed E-state index contributed by atoms with van der Waals surface area (Å²) in [5, 5.41) is 3.32. The van der Waals surface area contributed by atoms with E-state index in [0.29, 0.717) is 0 Å². The topological polar surface area (TPSA) is 50.8 Å². The molecule has 0 aromatic carbocycles. The van der Waals surface area contributed by atoms with Gasteiger partial charge in [-0.05, 0) is 40.2 Å². The number of rotatable bonds is 2. The number of hydrogen-bond acceptors (Lipinski definition) is 4. The van der Waals surface area contributed by atoms with Crippen molar-refractivity contribution in [2.45, 2.75) is 50.9 Å². The zero-order chi connectivity index (χ0) is 13.4. The van der Waals surface area contributed by atoms with Gasteiger partial charge in [0.05, 0.1) is 6.04 Å². The average Bonchev–Trinajstić information content (AvgIpc) is 2.62. The van der Waals surface area contributed by atoms with Crippen molar-refractivity contribution in [3.63, 3.8) is 0 Å². The van der Waals surface area contributed by atoms with Crippen LogP contribution in [0.4, 0.5) is 4.79 Å². The third-order valence-corrected chi connectivity index (χ3v) is 3.81. The molecule has 2 saturated heterocycles. The second kappa shape index (κ2) is 4.70. The molecule has 2 aliphatic heterocycles. The Kier molecular flexibility index (Phi) is 3.56. The number of nitrogens with one attached hydrogen (secondary N) is 1. The largest absolute Gasteiger partial charge is 0.444 e. The van der Waals surface area contributed by atoms with Gasteiger partial charge >= 0.3 is 6.09 Å². The van der Waals surface area contributed by atoms with Crippen LogP contribution in [0.1, 0.15) is 33.6 Å². The van der Waals surface area contributed by atoms with Crippen molar-refractivity contribution >= 4 is 6.09 Å². The number of hydrogen-bond donors (Lipinski definition) is 1. The van der Waals surface area contributed by atoms with Gasteiger partial charge in [0.2, 0.25) is 0 Å². The van der Waals surface area contributed by atoms with E-state index in [1.165, 1.54) is 0 Å². The summed E-state index contributed by atoms with van der Waals surface area (Å²) in [6.07, 6.45) is 1.73. The summed E-state index contributed by atoms with van der Waals surface area (Å²) in [6.45, 7) is 8.21. The molecule has 0 bridgehead atoms. The van der Waals surface area contributed by atoms with Crippen molar-refractivity contribution in [2.75, 3.05) is 26.7 Å². The first-order valence-corrected chi connectivity index (χ1v) is 6.63. The summed E-state index contributed by atoms with van der Waals surface area (Å²) in [6, 6.07) is 0.146. The van der Waals surface area contributed by atoms with Gasteiger partial charge in [-0.15, -0.1) is 0 Å². The fraction of sp³-hybridized carbons (Fsp3) is 0.923. The van der Waals surface area contributed by atoms with E-state index in [0.717, 1.165) is 32.5 Å². The Hall–Kier alpha value is -0.810. The maximum Gasteiger partial charge on any atom is 0.410 e. The maximum atomic E-state index is 12.1. The smallest absolute Gasteiger partial charge is 0.410 e. The Labute approximate surface area is 109 Å².